The van der Waals surface area contributed by atoms with Crippen LogP contribution in [0.2, 0.25) is 0 Å². The highest BCUT2D eigenvalue weighted by atomic mass is 16.5. The van der Waals surface area contributed by atoms with Gasteiger partial charge in [0.05, 0.1) is 0 Å². The molecule has 3 rings (SSSR count). The number of anilines is 1. The van der Waals surface area contributed by atoms with Crippen LogP contribution in [0.25, 0.3) is 11.4 Å². The van der Waals surface area contributed by atoms with E-state index < -0.39 is 0 Å². The summed E-state index contributed by atoms with van der Waals surface area (Å²) < 4.78 is 5.32. The Morgan fingerprint density at radius 1 is 1.40 bits per heavy atom. The summed E-state index contributed by atoms with van der Waals surface area (Å²) in [5.41, 5.74) is 0.900. The Morgan fingerprint density at radius 3 is 2.95 bits per heavy atom. The van der Waals surface area contributed by atoms with Gasteiger partial charge in [-0.3, -0.25) is 4.79 Å². The molecule has 1 fully saturated rings. The van der Waals surface area contributed by atoms with Crippen molar-refractivity contribution < 1.29 is 9.32 Å². The van der Waals surface area contributed by atoms with Crippen molar-refractivity contribution in [2.75, 3.05) is 18.0 Å². The van der Waals surface area contributed by atoms with Gasteiger partial charge in [-0.1, -0.05) is 42.4 Å². The maximum Gasteiger partial charge on any atom is 0.325 e. The average Bonchev–Trinajstić information content (AvgIpc) is 2.97. The van der Waals surface area contributed by atoms with E-state index in [9.17, 15) is 4.79 Å². The molecule has 1 amide bonds. The van der Waals surface area contributed by atoms with Crippen LogP contribution >= 0.6 is 0 Å². The predicted molar refractivity (Wildman–Crippen MR) is 74.2 cm³/mol. The zero-order valence-corrected chi connectivity index (χ0v) is 11.2. The van der Waals surface area contributed by atoms with Crippen LogP contribution in [-0.4, -0.2) is 35.2 Å². The molecule has 20 heavy (non-hydrogen) atoms. The Labute approximate surface area is 116 Å². The Morgan fingerprint density at radius 2 is 2.20 bits per heavy atom. The zero-order valence-electron chi connectivity index (χ0n) is 11.2. The lowest BCUT2D eigenvalue weighted by Crippen LogP contribution is -2.55. The first-order valence-electron chi connectivity index (χ1n) is 6.73. The molecular weight excluding hydrogens is 256 g/mol. The van der Waals surface area contributed by atoms with Crippen molar-refractivity contribution in [3.05, 3.63) is 30.3 Å². The van der Waals surface area contributed by atoms with Gasteiger partial charge in [-0.25, -0.2) is 0 Å². The highest BCUT2D eigenvalue weighted by Crippen LogP contribution is 2.22. The molecule has 0 radical (unpaired) electrons. The fourth-order valence-corrected chi connectivity index (χ4v) is 2.39. The molecule has 1 aliphatic rings. The SMILES string of the molecule is CCC1C(=O)NCCN1c1nc(-c2ccccc2)no1. The Bertz CT molecular complexity index is 596. The van der Waals surface area contributed by atoms with Crippen molar-refractivity contribution in [3.8, 4) is 11.4 Å². The van der Waals surface area contributed by atoms with Crippen molar-refractivity contribution in [2.24, 2.45) is 0 Å². The van der Waals surface area contributed by atoms with E-state index in [1.54, 1.807) is 0 Å². The summed E-state index contributed by atoms with van der Waals surface area (Å²) in [5.74, 6) is 0.555. The van der Waals surface area contributed by atoms with Gasteiger partial charge in [0.25, 0.3) is 0 Å². The predicted octanol–water partition coefficient (Wildman–Crippen LogP) is 1.45. The number of hydrogen-bond donors (Lipinski definition) is 1. The van der Waals surface area contributed by atoms with E-state index >= 15 is 0 Å². The van der Waals surface area contributed by atoms with Gasteiger partial charge in [0.1, 0.15) is 6.04 Å². The minimum Gasteiger partial charge on any atom is -0.353 e. The highest BCUT2D eigenvalue weighted by Gasteiger charge is 2.31. The molecule has 0 aliphatic carbocycles. The molecule has 2 heterocycles. The topological polar surface area (TPSA) is 71.3 Å². The Hall–Kier alpha value is -2.37. The lowest BCUT2D eigenvalue weighted by atomic mass is 10.1. The summed E-state index contributed by atoms with van der Waals surface area (Å²) in [6.07, 6.45) is 0.703. The quantitative estimate of drug-likeness (QED) is 0.915. The number of nitrogens with one attached hydrogen (secondary N) is 1. The van der Waals surface area contributed by atoms with Crippen LogP contribution < -0.4 is 10.2 Å². The van der Waals surface area contributed by atoms with E-state index in [1.807, 2.05) is 42.2 Å². The number of benzene rings is 1. The summed E-state index contributed by atoms with van der Waals surface area (Å²) in [6.45, 7) is 3.25. The first-order valence-corrected chi connectivity index (χ1v) is 6.73. The summed E-state index contributed by atoms with van der Waals surface area (Å²) in [5, 5.41) is 6.85. The van der Waals surface area contributed by atoms with E-state index in [4.69, 9.17) is 4.52 Å². The molecule has 6 heteroatoms. The third-order valence-electron chi connectivity index (χ3n) is 3.41. The van der Waals surface area contributed by atoms with Gasteiger partial charge in [0.15, 0.2) is 0 Å². The van der Waals surface area contributed by atoms with Gasteiger partial charge in [0.2, 0.25) is 11.7 Å². The molecule has 0 saturated carbocycles. The molecule has 6 nitrogen and oxygen atoms in total. The van der Waals surface area contributed by atoms with Crippen LogP contribution in [0.3, 0.4) is 0 Å². The fraction of sp³-hybridized carbons (Fsp3) is 0.357. The number of nitrogens with zero attached hydrogens (tertiary/aromatic N) is 3. The second-order valence-corrected chi connectivity index (χ2v) is 4.68. The van der Waals surface area contributed by atoms with E-state index in [1.165, 1.54) is 0 Å². The second kappa shape index (κ2) is 5.32. The average molecular weight is 272 g/mol. The summed E-state index contributed by atoms with van der Waals surface area (Å²) >= 11 is 0. The van der Waals surface area contributed by atoms with Gasteiger partial charge in [0, 0.05) is 18.7 Å². The largest absolute Gasteiger partial charge is 0.353 e. The maximum atomic E-state index is 11.8. The number of carbonyl (C=O) groups excluding carboxylic acids is 1. The van der Waals surface area contributed by atoms with E-state index in [2.05, 4.69) is 15.5 Å². The van der Waals surface area contributed by atoms with E-state index in [-0.39, 0.29) is 11.9 Å². The minimum atomic E-state index is -0.243. The molecule has 104 valence electrons. The number of aromatic nitrogens is 2. The molecule has 1 aliphatic heterocycles. The van der Waals surface area contributed by atoms with Crippen LogP contribution in [0.1, 0.15) is 13.3 Å². The monoisotopic (exact) mass is 272 g/mol. The van der Waals surface area contributed by atoms with Crippen LogP contribution in [0.4, 0.5) is 6.01 Å². The van der Waals surface area contributed by atoms with Gasteiger partial charge < -0.3 is 14.7 Å². The number of piperazine rings is 1. The molecule has 2 aromatic rings. The molecule has 0 bridgehead atoms. The van der Waals surface area contributed by atoms with Crippen molar-refractivity contribution in [2.45, 2.75) is 19.4 Å². The van der Waals surface area contributed by atoms with Gasteiger partial charge in [-0.2, -0.15) is 4.98 Å². The summed E-state index contributed by atoms with van der Waals surface area (Å²) in [7, 11) is 0. The van der Waals surface area contributed by atoms with Crippen LogP contribution in [0.15, 0.2) is 34.9 Å². The Kier molecular flexibility index (Phi) is 3.37. The zero-order chi connectivity index (χ0) is 13.9. The first kappa shape index (κ1) is 12.7. The highest BCUT2D eigenvalue weighted by molar-refractivity contribution is 5.85. The number of carbonyl (C=O) groups is 1. The number of rotatable bonds is 3. The minimum absolute atomic E-state index is 0.0122. The van der Waals surface area contributed by atoms with Gasteiger partial charge >= 0.3 is 6.01 Å². The number of hydrogen-bond acceptors (Lipinski definition) is 5. The smallest absolute Gasteiger partial charge is 0.325 e. The fourth-order valence-electron chi connectivity index (χ4n) is 2.39. The third kappa shape index (κ3) is 2.24. The molecule has 1 aromatic carbocycles. The molecular formula is C14H16N4O2. The third-order valence-corrected chi connectivity index (χ3v) is 3.41. The van der Waals surface area contributed by atoms with Crippen molar-refractivity contribution in [1.29, 1.82) is 0 Å². The first-order chi connectivity index (χ1) is 9.79. The lowest BCUT2D eigenvalue weighted by Gasteiger charge is -2.32. The Balaban J connectivity index is 1.88. The lowest BCUT2D eigenvalue weighted by molar-refractivity contribution is -0.123. The standard InChI is InChI=1S/C14H16N4O2/c1-2-11-13(19)15-8-9-18(11)14-16-12(17-20-14)10-6-4-3-5-7-10/h3-7,11H,2,8-9H2,1H3,(H,15,19). The molecule has 1 saturated heterocycles. The van der Waals surface area contributed by atoms with Crippen molar-refractivity contribution in [1.82, 2.24) is 15.5 Å². The van der Waals surface area contributed by atoms with Crippen molar-refractivity contribution in [3.63, 3.8) is 0 Å². The maximum absolute atomic E-state index is 11.8. The number of amides is 1. The van der Waals surface area contributed by atoms with E-state index in [0.717, 1.165) is 5.56 Å². The van der Waals surface area contributed by atoms with Gasteiger partial charge in [-0.05, 0) is 6.42 Å². The molecule has 1 aromatic heterocycles. The van der Waals surface area contributed by atoms with E-state index in [0.29, 0.717) is 31.3 Å². The summed E-state index contributed by atoms with van der Waals surface area (Å²) in [6, 6.07) is 9.80. The normalized spacial score (nSPS) is 18.9. The molecule has 1 unspecified atom stereocenters. The van der Waals surface area contributed by atoms with Crippen LogP contribution in [0, 0.1) is 0 Å². The molecule has 1 atom stereocenters. The molecule has 0 spiro atoms. The van der Waals surface area contributed by atoms with Crippen LogP contribution in [-0.2, 0) is 4.79 Å². The van der Waals surface area contributed by atoms with Crippen molar-refractivity contribution >= 4 is 11.9 Å². The molecule has 1 N–H and O–H groups in total. The van der Waals surface area contributed by atoms with Crippen LogP contribution in [0.5, 0.6) is 0 Å². The summed E-state index contributed by atoms with van der Waals surface area (Å²) in [4.78, 5) is 18.1. The van der Waals surface area contributed by atoms with Gasteiger partial charge in [-0.15, -0.1) is 0 Å². The second-order valence-electron chi connectivity index (χ2n) is 4.68.